The van der Waals surface area contributed by atoms with Crippen molar-refractivity contribution < 1.29 is 5.11 Å². The molecule has 122 valence electrons. The third-order valence-corrected chi connectivity index (χ3v) is 4.41. The van der Waals surface area contributed by atoms with Crippen molar-refractivity contribution in [3.8, 4) is 0 Å². The molecule has 0 heterocycles. The van der Waals surface area contributed by atoms with Crippen molar-refractivity contribution in [1.29, 1.82) is 0 Å². The molecule has 0 aromatic carbocycles. The second-order valence-corrected chi connectivity index (χ2v) is 6.65. The number of hydrogen-bond acceptors (Lipinski definition) is 1. The van der Waals surface area contributed by atoms with E-state index < -0.39 is 0 Å². The summed E-state index contributed by atoms with van der Waals surface area (Å²) < 4.78 is 0. The molecule has 0 amide bonds. The summed E-state index contributed by atoms with van der Waals surface area (Å²) >= 11 is 0. The average molecular weight is 285 g/mol. The van der Waals surface area contributed by atoms with Crippen molar-refractivity contribution in [3.05, 3.63) is 0 Å². The monoisotopic (exact) mass is 284 g/mol. The lowest BCUT2D eigenvalue weighted by atomic mass is 9.96. The van der Waals surface area contributed by atoms with Crippen molar-refractivity contribution in [2.75, 3.05) is 6.61 Å². The maximum Gasteiger partial charge on any atom is 0.0431 e. The Morgan fingerprint density at radius 2 is 1.00 bits per heavy atom. The lowest BCUT2D eigenvalue weighted by Gasteiger charge is -2.10. The topological polar surface area (TPSA) is 20.2 Å². The number of hydrogen-bond donors (Lipinski definition) is 1. The van der Waals surface area contributed by atoms with Crippen LogP contribution in [0.4, 0.5) is 0 Å². The highest BCUT2D eigenvalue weighted by Gasteiger charge is 2.01. The Kier molecular flexibility index (Phi) is 17.0. The summed E-state index contributed by atoms with van der Waals surface area (Å²) in [5.74, 6) is 0.949. The lowest BCUT2D eigenvalue weighted by Crippen LogP contribution is -1.95. The number of rotatable bonds is 16. The first kappa shape index (κ1) is 20.0. The molecule has 0 aliphatic heterocycles. The molecule has 0 rings (SSSR count). The van der Waals surface area contributed by atoms with Gasteiger partial charge in [-0.3, -0.25) is 0 Å². The summed E-state index contributed by atoms with van der Waals surface area (Å²) in [5.41, 5.74) is 0. The molecule has 0 saturated heterocycles. The predicted octanol–water partition coefficient (Wildman–Crippen LogP) is 6.49. The van der Waals surface area contributed by atoms with Crippen LogP contribution in [0.2, 0.25) is 0 Å². The molecule has 0 aromatic rings. The Morgan fingerprint density at radius 3 is 1.45 bits per heavy atom. The molecule has 20 heavy (non-hydrogen) atoms. The predicted molar refractivity (Wildman–Crippen MR) is 91.2 cm³/mol. The first-order valence-corrected chi connectivity index (χ1v) is 9.42. The minimum atomic E-state index is 0.372. The van der Waals surface area contributed by atoms with Gasteiger partial charge in [0.15, 0.2) is 0 Å². The molecule has 1 nitrogen and oxygen atoms in total. The zero-order valence-corrected chi connectivity index (χ0v) is 14.3. The normalized spacial score (nSPS) is 12.8. The van der Waals surface area contributed by atoms with Crippen LogP contribution in [0, 0.1) is 5.92 Å². The molecule has 0 bridgehead atoms. The molecule has 0 aromatic heterocycles. The maximum absolute atomic E-state index is 8.69. The van der Waals surface area contributed by atoms with Gasteiger partial charge in [0.2, 0.25) is 0 Å². The SMILES string of the molecule is CCCCCCC(C)CCCCCCCCCCCO. The van der Waals surface area contributed by atoms with Crippen LogP contribution >= 0.6 is 0 Å². The molecule has 0 spiro atoms. The number of unbranched alkanes of at least 4 members (excludes halogenated alkanes) is 11. The zero-order chi connectivity index (χ0) is 14.9. The van der Waals surface area contributed by atoms with Gasteiger partial charge in [-0.2, -0.15) is 0 Å². The molecule has 1 unspecified atom stereocenters. The van der Waals surface area contributed by atoms with Crippen molar-refractivity contribution >= 4 is 0 Å². The first-order chi connectivity index (χ1) is 9.81. The maximum atomic E-state index is 8.69. The van der Waals surface area contributed by atoms with Crippen LogP contribution in [0.25, 0.3) is 0 Å². The van der Waals surface area contributed by atoms with E-state index in [-0.39, 0.29) is 0 Å². The van der Waals surface area contributed by atoms with Crippen molar-refractivity contribution in [2.45, 2.75) is 110 Å². The van der Waals surface area contributed by atoms with E-state index in [0.717, 1.165) is 12.3 Å². The summed E-state index contributed by atoms with van der Waals surface area (Å²) in [5, 5.41) is 8.69. The van der Waals surface area contributed by atoms with Crippen molar-refractivity contribution in [3.63, 3.8) is 0 Å². The third kappa shape index (κ3) is 16.0. The fourth-order valence-corrected chi connectivity index (χ4v) is 2.91. The van der Waals surface area contributed by atoms with Gasteiger partial charge in [0.25, 0.3) is 0 Å². The molecule has 0 saturated carbocycles. The Labute approximate surface area is 128 Å². The summed E-state index contributed by atoms with van der Waals surface area (Å²) in [6.45, 7) is 5.10. The van der Waals surface area contributed by atoms with Crippen LogP contribution in [0.3, 0.4) is 0 Å². The minimum absolute atomic E-state index is 0.372. The van der Waals surface area contributed by atoms with Gasteiger partial charge >= 0.3 is 0 Å². The standard InChI is InChI=1S/C19H40O/c1-3-4-5-13-16-19(2)17-14-11-9-7-6-8-10-12-15-18-20/h19-20H,3-18H2,1-2H3. The molecule has 0 aliphatic rings. The smallest absolute Gasteiger partial charge is 0.0431 e. The van der Waals surface area contributed by atoms with Gasteiger partial charge in [0.1, 0.15) is 0 Å². The van der Waals surface area contributed by atoms with Crippen molar-refractivity contribution in [1.82, 2.24) is 0 Å². The Morgan fingerprint density at radius 1 is 0.600 bits per heavy atom. The summed E-state index contributed by atoms with van der Waals surface area (Å²) in [7, 11) is 0. The summed E-state index contributed by atoms with van der Waals surface area (Å²) in [6, 6.07) is 0. The molecular formula is C19H40O. The van der Waals surface area contributed by atoms with E-state index in [9.17, 15) is 0 Å². The van der Waals surface area contributed by atoms with E-state index in [4.69, 9.17) is 5.11 Å². The molecule has 1 N–H and O–H groups in total. The van der Waals surface area contributed by atoms with E-state index in [1.807, 2.05) is 0 Å². The van der Waals surface area contributed by atoms with Crippen LogP contribution in [0.5, 0.6) is 0 Å². The molecule has 0 aliphatic carbocycles. The molecule has 1 heteroatoms. The van der Waals surface area contributed by atoms with Gasteiger partial charge in [-0.1, -0.05) is 104 Å². The first-order valence-electron chi connectivity index (χ1n) is 9.42. The fourth-order valence-electron chi connectivity index (χ4n) is 2.91. The van der Waals surface area contributed by atoms with E-state index in [1.165, 1.54) is 89.9 Å². The highest BCUT2D eigenvalue weighted by atomic mass is 16.2. The van der Waals surface area contributed by atoms with E-state index in [0.29, 0.717) is 6.61 Å². The Bertz CT molecular complexity index is 167. The molecule has 1 atom stereocenters. The van der Waals surface area contributed by atoms with Crippen LogP contribution < -0.4 is 0 Å². The van der Waals surface area contributed by atoms with Crippen LogP contribution in [-0.4, -0.2) is 11.7 Å². The largest absolute Gasteiger partial charge is 0.396 e. The summed E-state index contributed by atoms with van der Waals surface area (Å²) in [6.07, 6.45) is 20.6. The fraction of sp³-hybridized carbons (Fsp3) is 1.00. The molecule has 0 radical (unpaired) electrons. The van der Waals surface area contributed by atoms with E-state index in [1.54, 1.807) is 0 Å². The van der Waals surface area contributed by atoms with Crippen LogP contribution in [-0.2, 0) is 0 Å². The Balaban J connectivity index is 3.07. The highest BCUT2D eigenvalue weighted by molar-refractivity contribution is 4.55. The van der Waals surface area contributed by atoms with E-state index in [2.05, 4.69) is 13.8 Å². The van der Waals surface area contributed by atoms with Gasteiger partial charge in [-0.05, 0) is 12.3 Å². The van der Waals surface area contributed by atoms with Gasteiger partial charge in [0.05, 0.1) is 0 Å². The van der Waals surface area contributed by atoms with E-state index >= 15 is 0 Å². The minimum Gasteiger partial charge on any atom is -0.396 e. The second-order valence-electron chi connectivity index (χ2n) is 6.65. The molecule has 0 fully saturated rings. The second kappa shape index (κ2) is 17.0. The lowest BCUT2D eigenvalue weighted by molar-refractivity contribution is 0.282. The average Bonchev–Trinajstić information content (AvgIpc) is 2.45. The van der Waals surface area contributed by atoms with Crippen molar-refractivity contribution in [2.24, 2.45) is 5.92 Å². The van der Waals surface area contributed by atoms with Crippen LogP contribution in [0.1, 0.15) is 110 Å². The van der Waals surface area contributed by atoms with Gasteiger partial charge in [-0.15, -0.1) is 0 Å². The highest BCUT2D eigenvalue weighted by Crippen LogP contribution is 2.18. The quantitative estimate of drug-likeness (QED) is 0.321. The zero-order valence-electron chi connectivity index (χ0n) is 14.3. The Hall–Kier alpha value is -0.0400. The summed E-state index contributed by atoms with van der Waals surface area (Å²) in [4.78, 5) is 0. The van der Waals surface area contributed by atoms with Gasteiger partial charge < -0.3 is 5.11 Å². The van der Waals surface area contributed by atoms with Gasteiger partial charge in [-0.25, -0.2) is 0 Å². The third-order valence-electron chi connectivity index (χ3n) is 4.41. The van der Waals surface area contributed by atoms with Crippen LogP contribution in [0.15, 0.2) is 0 Å². The number of aliphatic hydroxyl groups is 1. The number of aliphatic hydroxyl groups excluding tert-OH is 1. The van der Waals surface area contributed by atoms with Gasteiger partial charge in [0, 0.05) is 6.61 Å². The molecular weight excluding hydrogens is 244 g/mol.